The fourth-order valence-corrected chi connectivity index (χ4v) is 3.92. The highest BCUT2D eigenvalue weighted by molar-refractivity contribution is 7.98. The number of hydrogen-bond donors (Lipinski definition) is 0. The molecule has 138 valence electrons. The number of ether oxygens (including phenoxy) is 1. The molecule has 4 aromatic rings. The summed E-state index contributed by atoms with van der Waals surface area (Å²) in [6.07, 6.45) is 0. The van der Waals surface area contributed by atoms with E-state index in [1.54, 1.807) is 42.5 Å². The highest BCUT2D eigenvalue weighted by atomic mass is 32.2. The number of aromatic nitrogens is 2. The van der Waals surface area contributed by atoms with Crippen molar-refractivity contribution in [2.75, 3.05) is 7.11 Å². The lowest BCUT2D eigenvalue weighted by Crippen LogP contribution is -2.02. The molecule has 0 saturated heterocycles. The molecule has 0 aliphatic heterocycles. The van der Waals surface area contributed by atoms with Crippen molar-refractivity contribution in [1.82, 2.24) is 9.55 Å². The normalized spacial score (nSPS) is 11.6. The van der Waals surface area contributed by atoms with Crippen LogP contribution in [0.15, 0.2) is 62.9 Å². The number of rotatable bonds is 5. The van der Waals surface area contributed by atoms with E-state index in [0.29, 0.717) is 33.7 Å². The molecule has 2 aromatic heterocycles. The molecule has 0 spiro atoms. The van der Waals surface area contributed by atoms with Crippen molar-refractivity contribution in [3.8, 4) is 5.75 Å². The van der Waals surface area contributed by atoms with Crippen molar-refractivity contribution >= 4 is 33.8 Å². The highest BCUT2D eigenvalue weighted by Gasteiger charge is 2.18. The summed E-state index contributed by atoms with van der Waals surface area (Å²) in [7, 11) is 1.52. The molecular formula is C19H14F2N2O3S. The van der Waals surface area contributed by atoms with Gasteiger partial charge in [0, 0.05) is 23.3 Å². The third-order valence-electron chi connectivity index (χ3n) is 4.15. The first kappa shape index (κ1) is 17.5. The van der Waals surface area contributed by atoms with Crippen LogP contribution in [0.1, 0.15) is 12.1 Å². The maximum absolute atomic E-state index is 13.5. The monoisotopic (exact) mass is 388 g/mol. The molecule has 4 rings (SSSR count). The molecular weight excluding hydrogens is 374 g/mol. The van der Waals surface area contributed by atoms with Gasteiger partial charge in [0.25, 0.3) is 0 Å². The number of alkyl halides is 2. The molecule has 0 radical (unpaired) electrons. The minimum atomic E-state index is -2.71. The van der Waals surface area contributed by atoms with Gasteiger partial charge in [0.1, 0.15) is 11.3 Å². The zero-order valence-electron chi connectivity index (χ0n) is 14.2. The Balaban J connectivity index is 1.73. The fraction of sp³-hybridized carbons (Fsp3) is 0.158. The van der Waals surface area contributed by atoms with Crippen LogP contribution in [-0.4, -0.2) is 16.7 Å². The summed E-state index contributed by atoms with van der Waals surface area (Å²) in [5, 5.41) is 0.920. The predicted octanol–water partition coefficient (Wildman–Crippen LogP) is 4.84. The fourth-order valence-electron chi connectivity index (χ4n) is 2.91. The number of nitrogens with zero attached hydrogens (tertiary/aromatic N) is 2. The molecule has 0 bridgehead atoms. The zero-order valence-corrected chi connectivity index (χ0v) is 15.0. The first-order valence-corrected chi connectivity index (χ1v) is 9.04. The number of thioether (sulfide) groups is 1. The molecule has 2 aromatic carbocycles. The molecule has 27 heavy (non-hydrogen) atoms. The number of methoxy groups -OCH3 is 1. The number of imidazole rings is 1. The zero-order chi connectivity index (χ0) is 19.0. The van der Waals surface area contributed by atoms with E-state index in [-0.39, 0.29) is 5.16 Å². The highest BCUT2D eigenvalue weighted by Crippen LogP contribution is 2.32. The van der Waals surface area contributed by atoms with Gasteiger partial charge in [0.15, 0.2) is 5.16 Å². The second kappa shape index (κ2) is 7.03. The summed E-state index contributed by atoms with van der Waals surface area (Å²) < 4.78 is 38.4. The van der Waals surface area contributed by atoms with Crippen LogP contribution in [0.2, 0.25) is 0 Å². The molecule has 0 atom stereocenters. The average molecular weight is 388 g/mol. The Kier molecular flexibility index (Phi) is 4.57. The second-order valence-electron chi connectivity index (χ2n) is 5.77. The minimum absolute atomic E-state index is 0.195. The molecule has 0 aliphatic rings. The lowest BCUT2D eigenvalue weighted by atomic mass is 10.1. The van der Waals surface area contributed by atoms with Gasteiger partial charge in [-0.15, -0.1) is 0 Å². The van der Waals surface area contributed by atoms with Crippen LogP contribution in [0, 0.1) is 0 Å². The molecule has 0 aliphatic carbocycles. The second-order valence-corrected chi connectivity index (χ2v) is 6.71. The molecule has 0 unspecified atom stereocenters. The van der Waals surface area contributed by atoms with E-state index in [1.165, 1.54) is 13.2 Å². The molecule has 2 heterocycles. The molecule has 0 amide bonds. The van der Waals surface area contributed by atoms with Gasteiger partial charge in [-0.3, -0.25) is 4.57 Å². The molecule has 8 heteroatoms. The quantitative estimate of drug-likeness (QED) is 0.362. The van der Waals surface area contributed by atoms with Crippen LogP contribution >= 0.6 is 11.8 Å². The van der Waals surface area contributed by atoms with Crippen molar-refractivity contribution < 1.29 is 17.9 Å². The Morgan fingerprint density at radius 2 is 2.04 bits per heavy atom. The van der Waals surface area contributed by atoms with Crippen molar-refractivity contribution in [2.24, 2.45) is 0 Å². The number of para-hydroxylation sites is 2. The van der Waals surface area contributed by atoms with E-state index in [9.17, 15) is 13.6 Å². The number of halogens is 2. The van der Waals surface area contributed by atoms with Gasteiger partial charge in [0.2, 0.25) is 0 Å². The van der Waals surface area contributed by atoms with Crippen LogP contribution in [0.25, 0.3) is 22.0 Å². The number of benzene rings is 2. The van der Waals surface area contributed by atoms with E-state index in [4.69, 9.17) is 9.15 Å². The van der Waals surface area contributed by atoms with Gasteiger partial charge < -0.3 is 9.15 Å². The molecule has 0 fully saturated rings. The smallest absolute Gasteiger partial charge is 0.336 e. The Morgan fingerprint density at radius 3 is 2.81 bits per heavy atom. The van der Waals surface area contributed by atoms with Gasteiger partial charge in [0.05, 0.1) is 18.1 Å². The van der Waals surface area contributed by atoms with Crippen molar-refractivity contribution in [3.63, 3.8) is 0 Å². The lowest BCUT2D eigenvalue weighted by molar-refractivity contribution is 0.0656. The first-order chi connectivity index (χ1) is 13.1. The van der Waals surface area contributed by atoms with Crippen LogP contribution in [0.3, 0.4) is 0 Å². The maximum atomic E-state index is 13.5. The van der Waals surface area contributed by atoms with Crippen LogP contribution in [0.5, 0.6) is 5.75 Å². The van der Waals surface area contributed by atoms with Crippen LogP contribution < -0.4 is 10.4 Å². The minimum Gasteiger partial charge on any atom is -0.497 e. The summed E-state index contributed by atoms with van der Waals surface area (Å²) in [5.74, 6) is 0.861. The van der Waals surface area contributed by atoms with Gasteiger partial charge in [-0.25, -0.2) is 9.78 Å². The Labute approximate surface area is 156 Å². The lowest BCUT2D eigenvalue weighted by Gasteiger charge is -2.09. The molecule has 5 nitrogen and oxygen atoms in total. The standard InChI is InChI=1S/C19H14F2N2O3S/c1-25-12-6-7-13-11(8-17(24)26-16(13)9-12)10-27-19-22-14-4-2-3-5-15(14)23(19)18(20)21/h2-9,18H,10H2,1H3. The first-order valence-electron chi connectivity index (χ1n) is 8.05. The van der Waals surface area contributed by atoms with Crippen molar-refractivity contribution in [2.45, 2.75) is 17.5 Å². The molecule has 0 N–H and O–H groups in total. The third-order valence-corrected chi connectivity index (χ3v) is 5.15. The van der Waals surface area contributed by atoms with E-state index >= 15 is 0 Å². The van der Waals surface area contributed by atoms with Crippen LogP contribution in [-0.2, 0) is 5.75 Å². The third kappa shape index (κ3) is 3.28. The number of fused-ring (bicyclic) bond motifs is 2. The number of hydrogen-bond acceptors (Lipinski definition) is 5. The van der Waals surface area contributed by atoms with E-state index in [1.807, 2.05) is 0 Å². The maximum Gasteiger partial charge on any atom is 0.336 e. The topological polar surface area (TPSA) is 57.3 Å². The summed E-state index contributed by atoms with van der Waals surface area (Å²) in [4.78, 5) is 16.2. The molecule has 0 saturated carbocycles. The Hall–Kier alpha value is -2.87. The van der Waals surface area contributed by atoms with Crippen molar-refractivity contribution in [3.05, 3.63) is 64.5 Å². The van der Waals surface area contributed by atoms with E-state index < -0.39 is 12.2 Å². The van der Waals surface area contributed by atoms with Gasteiger partial charge in [-0.2, -0.15) is 8.78 Å². The van der Waals surface area contributed by atoms with Gasteiger partial charge in [-0.05, 0) is 29.8 Å². The summed E-state index contributed by atoms with van der Waals surface area (Å²) in [6, 6.07) is 13.3. The summed E-state index contributed by atoms with van der Waals surface area (Å²) in [5.41, 5.74) is 1.44. The van der Waals surface area contributed by atoms with E-state index in [0.717, 1.165) is 21.7 Å². The van der Waals surface area contributed by atoms with Crippen molar-refractivity contribution in [1.29, 1.82) is 0 Å². The Morgan fingerprint density at radius 1 is 1.22 bits per heavy atom. The average Bonchev–Trinajstić information content (AvgIpc) is 3.04. The van der Waals surface area contributed by atoms with Crippen LogP contribution in [0.4, 0.5) is 8.78 Å². The van der Waals surface area contributed by atoms with Gasteiger partial charge >= 0.3 is 12.2 Å². The summed E-state index contributed by atoms with van der Waals surface area (Å²) in [6.45, 7) is -2.71. The summed E-state index contributed by atoms with van der Waals surface area (Å²) >= 11 is 1.15. The Bertz CT molecular complexity index is 1190. The largest absolute Gasteiger partial charge is 0.497 e. The predicted molar refractivity (Wildman–Crippen MR) is 99.6 cm³/mol. The van der Waals surface area contributed by atoms with E-state index in [2.05, 4.69) is 4.98 Å². The SMILES string of the molecule is COc1ccc2c(CSc3nc4ccccc4n3C(F)F)cc(=O)oc2c1. The van der Waals surface area contributed by atoms with Gasteiger partial charge in [-0.1, -0.05) is 23.9 Å².